The number of amides is 1. The number of hydrogen-bond donors (Lipinski definition) is 0. The molecule has 0 aliphatic carbocycles. The smallest absolute Gasteiger partial charge is 0.233 e. The highest BCUT2D eigenvalue weighted by Gasteiger charge is 2.23. The highest BCUT2D eigenvalue weighted by molar-refractivity contribution is 7.99. The number of aromatic nitrogens is 3. The van der Waals surface area contributed by atoms with Gasteiger partial charge in [0.1, 0.15) is 5.82 Å². The Kier molecular flexibility index (Phi) is 6.13. The fourth-order valence-electron chi connectivity index (χ4n) is 3.27. The molecule has 1 saturated heterocycles. The molecule has 1 aliphatic rings. The van der Waals surface area contributed by atoms with Crippen molar-refractivity contribution in [1.82, 2.24) is 19.7 Å². The van der Waals surface area contributed by atoms with Crippen LogP contribution in [0.3, 0.4) is 0 Å². The highest BCUT2D eigenvalue weighted by atomic mass is 32.2. The third kappa shape index (κ3) is 4.63. The molecule has 0 spiro atoms. The predicted octanol–water partition coefficient (Wildman–Crippen LogP) is 3.09. The number of rotatable bonds is 6. The van der Waals surface area contributed by atoms with Crippen LogP contribution in [0.15, 0.2) is 35.5 Å². The number of nitrogens with zero attached hydrogens (tertiary/aromatic N) is 4. The van der Waals surface area contributed by atoms with Crippen molar-refractivity contribution in [1.29, 1.82) is 0 Å². The third-order valence-corrected chi connectivity index (χ3v) is 5.86. The summed E-state index contributed by atoms with van der Waals surface area (Å²) in [5.74, 6) is 1.62. The second-order valence-corrected chi connectivity index (χ2v) is 7.61. The minimum absolute atomic E-state index is 0.214. The van der Waals surface area contributed by atoms with Crippen molar-refractivity contribution in [2.45, 2.75) is 50.2 Å². The molecule has 134 valence electrons. The van der Waals surface area contributed by atoms with Crippen molar-refractivity contribution in [2.24, 2.45) is 7.05 Å². The molecule has 0 radical (unpaired) electrons. The topological polar surface area (TPSA) is 51.0 Å². The predicted molar refractivity (Wildman–Crippen MR) is 101 cm³/mol. The zero-order valence-electron chi connectivity index (χ0n) is 15.0. The van der Waals surface area contributed by atoms with E-state index in [0.29, 0.717) is 11.8 Å². The van der Waals surface area contributed by atoms with Crippen LogP contribution in [0.25, 0.3) is 0 Å². The lowest BCUT2D eigenvalue weighted by molar-refractivity contribution is -0.131. The van der Waals surface area contributed by atoms with E-state index in [4.69, 9.17) is 0 Å². The molecule has 1 amide bonds. The first-order chi connectivity index (χ1) is 12.1. The van der Waals surface area contributed by atoms with Crippen molar-refractivity contribution < 1.29 is 4.79 Å². The molecule has 3 rings (SSSR count). The van der Waals surface area contributed by atoms with E-state index in [1.807, 2.05) is 22.6 Å². The van der Waals surface area contributed by atoms with Gasteiger partial charge < -0.3 is 9.47 Å². The quantitative estimate of drug-likeness (QED) is 0.745. The lowest BCUT2D eigenvalue weighted by Crippen LogP contribution is -2.42. The van der Waals surface area contributed by atoms with Gasteiger partial charge >= 0.3 is 0 Å². The lowest BCUT2D eigenvalue weighted by atomic mass is 10.0. The van der Waals surface area contributed by atoms with Crippen molar-refractivity contribution in [2.75, 3.05) is 12.3 Å². The van der Waals surface area contributed by atoms with Gasteiger partial charge in [-0.25, -0.2) is 0 Å². The molecule has 0 unspecified atom stereocenters. The van der Waals surface area contributed by atoms with Crippen LogP contribution in [-0.4, -0.2) is 43.9 Å². The zero-order chi connectivity index (χ0) is 17.6. The van der Waals surface area contributed by atoms with E-state index in [1.165, 1.54) is 23.7 Å². The second-order valence-electron chi connectivity index (χ2n) is 6.66. The van der Waals surface area contributed by atoms with Crippen LogP contribution in [-0.2, 0) is 24.7 Å². The largest absolute Gasteiger partial charge is 0.339 e. The number of likely N-dealkylation sites (tertiary alicyclic amines) is 1. The molecule has 6 heteroatoms. The van der Waals surface area contributed by atoms with E-state index < -0.39 is 0 Å². The number of thioether (sulfide) groups is 1. The minimum Gasteiger partial charge on any atom is -0.339 e. The number of hydrogen-bond acceptors (Lipinski definition) is 4. The van der Waals surface area contributed by atoms with Gasteiger partial charge in [-0.15, -0.1) is 10.2 Å². The molecular weight excluding hydrogens is 332 g/mol. The summed E-state index contributed by atoms with van der Waals surface area (Å²) in [6, 6.07) is 10.8. The highest BCUT2D eigenvalue weighted by Crippen LogP contribution is 2.21. The molecule has 1 aliphatic heterocycles. The Morgan fingerprint density at radius 2 is 2.00 bits per heavy atom. The van der Waals surface area contributed by atoms with Crippen LogP contribution in [0.2, 0.25) is 0 Å². The van der Waals surface area contributed by atoms with Gasteiger partial charge in [-0.05, 0) is 38.2 Å². The first kappa shape index (κ1) is 18.0. The van der Waals surface area contributed by atoms with Gasteiger partial charge in [-0.1, -0.05) is 42.1 Å². The molecule has 0 N–H and O–H groups in total. The third-order valence-electron chi connectivity index (χ3n) is 4.85. The van der Waals surface area contributed by atoms with Gasteiger partial charge in [0.15, 0.2) is 5.16 Å². The SMILES string of the molecule is C[C@@H]1CCCCN1C(=O)CSc1nnc(CCc2ccccc2)n1C. The summed E-state index contributed by atoms with van der Waals surface area (Å²) in [5, 5.41) is 9.39. The summed E-state index contributed by atoms with van der Waals surface area (Å²) in [6.45, 7) is 3.04. The average Bonchev–Trinajstić information content (AvgIpc) is 2.99. The molecule has 1 fully saturated rings. The van der Waals surface area contributed by atoms with Gasteiger partial charge in [0.2, 0.25) is 5.91 Å². The van der Waals surface area contributed by atoms with E-state index in [1.54, 1.807) is 0 Å². The molecule has 5 nitrogen and oxygen atoms in total. The fourth-order valence-corrected chi connectivity index (χ4v) is 4.08. The van der Waals surface area contributed by atoms with Crippen molar-refractivity contribution in [3.05, 3.63) is 41.7 Å². The van der Waals surface area contributed by atoms with Crippen molar-refractivity contribution >= 4 is 17.7 Å². The number of aryl methyl sites for hydroxylation is 2. The zero-order valence-corrected chi connectivity index (χ0v) is 15.8. The molecular formula is C19H26N4OS. The van der Waals surface area contributed by atoms with Crippen LogP contribution in [0.4, 0.5) is 0 Å². The van der Waals surface area contributed by atoms with Crippen LogP contribution in [0, 0.1) is 0 Å². The van der Waals surface area contributed by atoms with E-state index in [0.717, 1.165) is 43.2 Å². The van der Waals surface area contributed by atoms with E-state index in [-0.39, 0.29) is 5.91 Å². The monoisotopic (exact) mass is 358 g/mol. The number of piperidine rings is 1. The van der Waals surface area contributed by atoms with Crippen LogP contribution >= 0.6 is 11.8 Å². The van der Waals surface area contributed by atoms with E-state index in [2.05, 4.69) is 41.4 Å². The fraction of sp³-hybridized carbons (Fsp3) is 0.526. The Bertz CT molecular complexity index is 701. The van der Waals surface area contributed by atoms with Gasteiger partial charge in [0.05, 0.1) is 5.75 Å². The maximum Gasteiger partial charge on any atom is 0.233 e. The summed E-state index contributed by atoms with van der Waals surface area (Å²) in [4.78, 5) is 14.5. The molecule has 0 saturated carbocycles. The summed E-state index contributed by atoms with van der Waals surface area (Å²) in [6.07, 6.45) is 5.26. The lowest BCUT2D eigenvalue weighted by Gasteiger charge is -2.33. The average molecular weight is 359 g/mol. The molecule has 1 aromatic heterocycles. The van der Waals surface area contributed by atoms with Gasteiger partial charge in [-0.2, -0.15) is 0 Å². The number of carbonyl (C=O) groups excluding carboxylic acids is 1. The Labute approximate surface area is 153 Å². The van der Waals surface area contributed by atoms with Gasteiger partial charge in [-0.3, -0.25) is 4.79 Å². The first-order valence-electron chi connectivity index (χ1n) is 8.99. The van der Waals surface area contributed by atoms with Crippen molar-refractivity contribution in [3.8, 4) is 0 Å². The summed E-state index contributed by atoms with van der Waals surface area (Å²) < 4.78 is 2.01. The van der Waals surface area contributed by atoms with Crippen LogP contribution < -0.4 is 0 Å². The maximum atomic E-state index is 12.5. The first-order valence-corrected chi connectivity index (χ1v) is 9.98. The van der Waals surface area contributed by atoms with Gasteiger partial charge in [0.25, 0.3) is 0 Å². The van der Waals surface area contributed by atoms with Crippen LogP contribution in [0.1, 0.15) is 37.6 Å². The number of carbonyl (C=O) groups is 1. The number of benzene rings is 1. The summed E-state index contributed by atoms with van der Waals surface area (Å²) >= 11 is 1.49. The molecule has 2 heterocycles. The summed E-state index contributed by atoms with van der Waals surface area (Å²) in [7, 11) is 1.98. The Morgan fingerprint density at radius 3 is 2.76 bits per heavy atom. The molecule has 1 aromatic carbocycles. The second kappa shape index (κ2) is 8.52. The van der Waals surface area contributed by atoms with E-state index >= 15 is 0 Å². The maximum absolute atomic E-state index is 12.5. The van der Waals surface area contributed by atoms with Crippen molar-refractivity contribution in [3.63, 3.8) is 0 Å². The normalized spacial score (nSPS) is 17.7. The summed E-state index contributed by atoms with van der Waals surface area (Å²) in [5.41, 5.74) is 1.30. The molecule has 2 aromatic rings. The van der Waals surface area contributed by atoms with Gasteiger partial charge in [0, 0.05) is 26.1 Å². The minimum atomic E-state index is 0.214. The molecule has 0 bridgehead atoms. The Morgan fingerprint density at radius 1 is 1.20 bits per heavy atom. The molecule has 25 heavy (non-hydrogen) atoms. The standard InChI is InChI=1S/C19H26N4OS/c1-15-8-6-7-13-23(15)18(24)14-25-19-21-20-17(22(19)2)12-11-16-9-4-3-5-10-16/h3-5,9-10,15H,6-8,11-14H2,1-2H3/t15-/m1/s1. The Hall–Kier alpha value is -1.82. The Balaban J connectivity index is 1.53. The van der Waals surface area contributed by atoms with Crippen LogP contribution in [0.5, 0.6) is 0 Å². The molecule has 1 atom stereocenters. The van der Waals surface area contributed by atoms with E-state index in [9.17, 15) is 4.79 Å².